The summed E-state index contributed by atoms with van der Waals surface area (Å²) in [6.07, 6.45) is 0. The van der Waals surface area contributed by atoms with E-state index in [0.29, 0.717) is 34.3 Å². The number of hydrogen-bond acceptors (Lipinski definition) is 6. The number of ether oxygens (including phenoxy) is 1. The van der Waals surface area contributed by atoms with Gasteiger partial charge in [0.2, 0.25) is 11.7 Å². The zero-order valence-corrected chi connectivity index (χ0v) is 17.9. The zero-order valence-electron chi connectivity index (χ0n) is 17.9. The van der Waals surface area contributed by atoms with Crippen molar-refractivity contribution in [3.63, 3.8) is 0 Å². The summed E-state index contributed by atoms with van der Waals surface area (Å²) in [4.78, 5) is 30.0. The molecular weight excluding hydrogens is 420 g/mol. The van der Waals surface area contributed by atoms with E-state index in [9.17, 15) is 9.59 Å². The van der Waals surface area contributed by atoms with Crippen molar-refractivity contribution in [2.24, 2.45) is 0 Å². The van der Waals surface area contributed by atoms with Crippen LogP contribution in [0.2, 0.25) is 0 Å². The van der Waals surface area contributed by atoms with E-state index < -0.39 is 6.04 Å². The van der Waals surface area contributed by atoms with Gasteiger partial charge in [-0.2, -0.15) is 4.98 Å². The number of nitrogens with zero attached hydrogens (tertiary/aromatic N) is 2. The smallest absolute Gasteiger partial charge is 0.252 e. The van der Waals surface area contributed by atoms with Gasteiger partial charge >= 0.3 is 0 Å². The predicted molar refractivity (Wildman–Crippen MR) is 122 cm³/mol. The topological polar surface area (TPSA) is 106 Å². The maximum Gasteiger partial charge on any atom is 0.252 e. The molecule has 8 heteroatoms. The standard InChI is InChI=1S/C25H22N4O4/c1-17-26-22(29-33-17)16-32-21-14-12-19(13-15-21)24(30)28-23(18-8-4-2-5-9-18)25(31)27-20-10-6-3-7-11-20/h2-15,23H,16H2,1H3,(H,27,31)(H,28,30). The largest absolute Gasteiger partial charge is 0.485 e. The van der Waals surface area contributed by atoms with Crippen molar-refractivity contribution >= 4 is 17.5 Å². The molecule has 3 aromatic carbocycles. The minimum absolute atomic E-state index is 0.151. The molecule has 0 saturated carbocycles. The molecule has 0 saturated heterocycles. The third kappa shape index (κ3) is 5.82. The minimum Gasteiger partial charge on any atom is -0.485 e. The van der Waals surface area contributed by atoms with Crippen LogP contribution in [0.25, 0.3) is 0 Å². The first-order chi connectivity index (χ1) is 16.1. The highest BCUT2D eigenvalue weighted by Gasteiger charge is 2.23. The van der Waals surface area contributed by atoms with Gasteiger partial charge in [-0.3, -0.25) is 9.59 Å². The van der Waals surface area contributed by atoms with Crippen LogP contribution >= 0.6 is 0 Å². The van der Waals surface area contributed by atoms with Gasteiger partial charge in [0.15, 0.2) is 6.61 Å². The van der Waals surface area contributed by atoms with Crippen molar-refractivity contribution in [3.05, 3.63) is 108 Å². The van der Waals surface area contributed by atoms with E-state index in [4.69, 9.17) is 9.26 Å². The number of carbonyl (C=O) groups excluding carboxylic acids is 2. The minimum atomic E-state index is -0.865. The highest BCUT2D eigenvalue weighted by molar-refractivity contribution is 6.01. The molecule has 166 valence electrons. The predicted octanol–water partition coefficient (Wildman–Crippen LogP) is 4.07. The van der Waals surface area contributed by atoms with Crippen LogP contribution in [0.15, 0.2) is 89.5 Å². The van der Waals surface area contributed by atoms with Crippen LogP contribution < -0.4 is 15.4 Å². The summed E-state index contributed by atoms with van der Waals surface area (Å²) in [5.41, 5.74) is 1.72. The fourth-order valence-electron chi connectivity index (χ4n) is 3.15. The Morgan fingerprint density at radius 3 is 2.24 bits per heavy atom. The maximum absolute atomic E-state index is 13.0. The summed E-state index contributed by atoms with van der Waals surface area (Å²) in [6, 6.07) is 23.9. The highest BCUT2D eigenvalue weighted by Crippen LogP contribution is 2.18. The van der Waals surface area contributed by atoms with Gasteiger partial charge in [-0.1, -0.05) is 53.7 Å². The fraction of sp³-hybridized carbons (Fsp3) is 0.120. The number of nitrogens with one attached hydrogen (secondary N) is 2. The Morgan fingerprint density at radius 2 is 1.61 bits per heavy atom. The molecule has 0 aliphatic rings. The van der Waals surface area contributed by atoms with Gasteiger partial charge in [0.05, 0.1) is 0 Å². The number of aryl methyl sites for hydroxylation is 1. The number of aromatic nitrogens is 2. The molecule has 1 atom stereocenters. The van der Waals surface area contributed by atoms with Crippen molar-refractivity contribution in [3.8, 4) is 5.75 Å². The van der Waals surface area contributed by atoms with E-state index in [1.807, 2.05) is 36.4 Å². The maximum atomic E-state index is 13.0. The van der Waals surface area contributed by atoms with E-state index in [1.54, 1.807) is 55.5 Å². The molecule has 4 rings (SSSR count). The van der Waals surface area contributed by atoms with Gasteiger partial charge in [0, 0.05) is 18.2 Å². The van der Waals surface area contributed by atoms with Crippen LogP contribution in [0.3, 0.4) is 0 Å². The van der Waals surface area contributed by atoms with Gasteiger partial charge in [0.25, 0.3) is 11.8 Å². The molecular formula is C25H22N4O4. The molecule has 33 heavy (non-hydrogen) atoms. The quantitative estimate of drug-likeness (QED) is 0.426. The molecule has 0 bridgehead atoms. The summed E-state index contributed by atoms with van der Waals surface area (Å²) >= 11 is 0. The summed E-state index contributed by atoms with van der Waals surface area (Å²) in [6.45, 7) is 1.85. The molecule has 2 amide bonds. The van der Waals surface area contributed by atoms with Crippen LogP contribution in [-0.4, -0.2) is 22.0 Å². The van der Waals surface area contributed by atoms with Crippen molar-refractivity contribution in [1.29, 1.82) is 0 Å². The molecule has 0 spiro atoms. The molecule has 0 aliphatic carbocycles. The second-order valence-electron chi connectivity index (χ2n) is 7.22. The normalized spacial score (nSPS) is 11.4. The molecule has 4 aromatic rings. The van der Waals surface area contributed by atoms with Gasteiger partial charge in [-0.25, -0.2) is 0 Å². The number of carbonyl (C=O) groups is 2. The molecule has 8 nitrogen and oxygen atoms in total. The lowest BCUT2D eigenvalue weighted by molar-refractivity contribution is -0.118. The van der Waals surface area contributed by atoms with Crippen molar-refractivity contribution in [2.75, 3.05) is 5.32 Å². The average molecular weight is 442 g/mol. The third-order valence-electron chi connectivity index (χ3n) is 4.77. The molecule has 1 aromatic heterocycles. The Labute approximate surface area is 190 Å². The van der Waals surface area contributed by atoms with Crippen molar-refractivity contribution in [2.45, 2.75) is 19.6 Å². The van der Waals surface area contributed by atoms with E-state index in [1.165, 1.54) is 0 Å². The first kappa shape index (κ1) is 21.8. The Morgan fingerprint density at radius 1 is 0.939 bits per heavy atom. The second kappa shape index (κ2) is 10.2. The number of hydrogen-bond donors (Lipinski definition) is 2. The molecule has 0 aliphatic heterocycles. The third-order valence-corrected chi connectivity index (χ3v) is 4.77. The van der Waals surface area contributed by atoms with Gasteiger partial charge < -0.3 is 19.9 Å². The Hall–Kier alpha value is -4.46. The number of rotatable bonds is 8. The second-order valence-corrected chi connectivity index (χ2v) is 7.22. The van der Waals surface area contributed by atoms with Gasteiger partial charge in [0.1, 0.15) is 11.8 Å². The number of amides is 2. The number of anilines is 1. The molecule has 1 unspecified atom stereocenters. The fourth-order valence-corrected chi connectivity index (χ4v) is 3.15. The number of para-hydroxylation sites is 1. The molecule has 2 N–H and O–H groups in total. The number of benzene rings is 3. The molecule has 1 heterocycles. The van der Waals surface area contributed by atoms with Crippen LogP contribution in [0.5, 0.6) is 5.75 Å². The molecule has 0 radical (unpaired) electrons. The van der Waals surface area contributed by atoms with Gasteiger partial charge in [-0.15, -0.1) is 0 Å². The average Bonchev–Trinajstić information content (AvgIpc) is 3.27. The van der Waals surface area contributed by atoms with Crippen molar-refractivity contribution < 1.29 is 18.8 Å². The lowest BCUT2D eigenvalue weighted by atomic mass is 10.0. The highest BCUT2D eigenvalue weighted by atomic mass is 16.5. The lowest BCUT2D eigenvalue weighted by Crippen LogP contribution is -2.37. The van der Waals surface area contributed by atoms with E-state index in [0.717, 1.165) is 0 Å². The van der Waals surface area contributed by atoms with Crippen LogP contribution in [0.1, 0.15) is 33.7 Å². The SMILES string of the molecule is Cc1nc(COc2ccc(C(=O)NC(C(=O)Nc3ccccc3)c3ccccc3)cc2)no1. The summed E-state index contributed by atoms with van der Waals surface area (Å²) < 4.78 is 10.5. The summed E-state index contributed by atoms with van der Waals surface area (Å²) in [5.74, 6) is 0.730. The van der Waals surface area contributed by atoms with Gasteiger partial charge in [-0.05, 0) is 42.0 Å². The van der Waals surface area contributed by atoms with Crippen LogP contribution in [0, 0.1) is 6.92 Å². The Balaban J connectivity index is 1.44. The van der Waals surface area contributed by atoms with Crippen LogP contribution in [-0.2, 0) is 11.4 Å². The Kier molecular flexibility index (Phi) is 6.75. The first-order valence-corrected chi connectivity index (χ1v) is 10.3. The monoisotopic (exact) mass is 442 g/mol. The summed E-state index contributed by atoms with van der Waals surface area (Å²) in [5, 5.41) is 9.44. The molecule has 0 fully saturated rings. The first-order valence-electron chi connectivity index (χ1n) is 10.3. The Bertz CT molecular complexity index is 1210. The lowest BCUT2D eigenvalue weighted by Gasteiger charge is -2.19. The van der Waals surface area contributed by atoms with Crippen molar-refractivity contribution in [1.82, 2.24) is 15.5 Å². The van der Waals surface area contributed by atoms with E-state index >= 15 is 0 Å². The van der Waals surface area contributed by atoms with Crippen LogP contribution in [0.4, 0.5) is 5.69 Å². The van der Waals surface area contributed by atoms with E-state index in [-0.39, 0.29) is 18.4 Å². The summed E-state index contributed by atoms with van der Waals surface area (Å²) in [7, 11) is 0. The van der Waals surface area contributed by atoms with E-state index in [2.05, 4.69) is 20.8 Å². The zero-order chi connectivity index (χ0) is 23.0.